The van der Waals surface area contributed by atoms with Crippen LogP contribution in [0.5, 0.6) is 0 Å². The maximum atomic E-state index is 13.6. The summed E-state index contributed by atoms with van der Waals surface area (Å²) in [6.07, 6.45) is -0.895. The number of nitrogens with zero attached hydrogens (tertiary/aromatic N) is 3. The minimum atomic E-state index is -4.56. The molecule has 42 heavy (non-hydrogen) atoms. The van der Waals surface area contributed by atoms with Crippen LogP contribution in [0.25, 0.3) is 0 Å². The van der Waals surface area contributed by atoms with Gasteiger partial charge in [0.05, 0.1) is 5.56 Å². The van der Waals surface area contributed by atoms with Gasteiger partial charge in [0.1, 0.15) is 5.82 Å². The molecule has 0 spiro atoms. The highest BCUT2D eigenvalue weighted by atomic mass is 79.9. The quantitative estimate of drug-likeness (QED) is 0.281. The van der Waals surface area contributed by atoms with Crippen LogP contribution in [0.2, 0.25) is 0 Å². The van der Waals surface area contributed by atoms with E-state index >= 15 is 0 Å². The Hall–Kier alpha value is -2.50. The number of hydrogen-bond donors (Lipinski definition) is 1. The van der Waals surface area contributed by atoms with Crippen LogP contribution in [-0.4, -0.2) is 84.9 Å². The zero-order valence-corrected chi connectivity index (χ0v) is 25.1. The molecule has 2 aromatic rings. The molecule has 1 N–H and O–H groups in total. The Morgan fingerprint density at radius 1 is 1.00 bits per heavy atom. The van der Waals surface area contributed by atoms with Crippen molar-refractivity contribution in [2.24, 2.45) is 5.92 Å². The van der Waals surface area contributed by atoms with E-state index in [-0.39, 0.29) is 35.1 Å². The fraction of sp³-hybridized carbons (Fsp3) is 0.548. The number of rotatable bonds is 10. The summed E-state index contributed by atoms with van der Waals surface area (Å²) in [4.78, 5) is 32.3. The maximum Gasteiger partial charge on any atom is 0.416 e. The lowest BCUT2D eigenvalue weighted by molar-refractivity contribution is -0.141. The summed E-state index contributed by atoms with van der Waals surface area (Å²) in [7, 11) is 0. The number of piperidine rings is 1. The Balaban J connectivity index is 1.13. The van der Waals surface area contributed by atoms with Crippen LogP contribution in [-0.2, 0) is 16.3 Å². The summed E-state index contributed by atoms with van der Waals surface area (Å²) in [5.41, 5.74) is 0.328. The molecule has 1 atom stereocenters. The lowest BCUT2D eigenvalue weighted by Crippen LogP contribution is -2.61. The second-order valence-corrected chi connectivity index (χ2v) is 12.3. The molecule has 3 heterocycles. The fourth-order valence-corrected chi connectivity index (χ4v) is 6.43. The fourth-order valence-electron chi connectivity index (χ4n) is 6.10. The first-order valence-electron chi connectivity index (χ1n) is 14.7. The largest absolute Gasteiger partial charge is 0.416 e. The third-order valence-corrected chi connectivity index (χ3v) is 9.53. The highest BCUT2D eigenvalue weighted by Crippen LogP contribution is 2.32. The molecule has 3 aliphatic rings. The van der Waals surface area contributed by atoms with Gasteiger partial charge in [-0.15, -0.1) is 0 Å². The van der Waals surface area contributed by atoms with Crippen LogP contribution >= 0.6 is 15.9 Å². The van der Waals surface area contributed by atoms with Crippen molar-refractivity contribution < 1.29 is 27.2 Å². The molecule has 0 radical (unpaired) electrons. The van der Waals surface area contributed by atoms with Crippen molar-refractivity contribution in [3.8, 4) is 0 Å². The molecule has 5 rings (SSSR count). The van der Waals surface area contributed by atoms with E-state index in [9.17, 15) is 27.2 Å². The first kappa shape index (κ1) is 30.9. The molecule has 11 heteroatoms. The number of benzene rings is 2. The Bertz CT molecular complexity index is 1240. The second-order valence-electron chi connectivity index (χ2n) is 11.7. The molecule has 0 aliphatic carbocycles. The molecule has 3 aliphatic heterocycles. The van der Waals surface area contributed by atoms with Crippen LogP contribution in [0.1, 0.15) is 58.6 Å². The lowest BCUT2D eigenvalue weighted by atomic mass is 9.91. The summed E-state index contributed by atoms with van der Waals surface area (Å²) in [5.74, 6) is -0.569. The van der Waals surface area contributed by atoms with Crippen LogP contribution < -0.4 is 5.32 Å². The maximum absolute atomic E-state index is 13.6. The number of alkyl halides is 4. The van der Waals surface area contributed by atoms with E-state index in [0.29, 0.717) is 23.9 Å². The van der Waals surface area contributed by atoms with Crippen LogP contribution in [0, 0.1) is 11.7 Å². The summed E-state index contributed by atoms with van der Waals surface area (Å²) >= 11 is 3.18. The zero-order valence-electron chi connectivity index (χ0n) is 23.5. The molecule has 6 nitrogen and oxygen atoms in total. The Labute approximate surface area is 252 Å². The smallest absolute Gasteiger partial charge is 0.351 e. The number of nitrogens with one attached hydrogen (secondary N) is 1. The van der Waals surface area contributed by atoms with Crippen molar-refractivity contribution in [3.63, 3.8) is 0 Å². The standard InChI is InChI=1S/C31H37BrF4N4O2/c32-17-21-14-25(16-26(15-21)31(34,35)36)29(41)37-18-24(22-2-4-27(33)5-3-22)6-11-38-19-28(20-38)39-12-7-23(8-13-39)30(42)40-9-1-10-40/h2-5,14-16,23-24,28H,1,6-13,17-20H2,(H,37,41). The van der Waals surface area contributed by atoms with Gasteiger partial charge in [-0.1, -0.05) is 28.1 Å². The Morgan fingerprint density at radius 2 is 1.69 bits per heavy atom. The molecule has 0 aromatic heterocycles. The van der Waals surface area contributed by atoms with Gasteiger partial charge in [-0.05, 0) is 86.8 Å². The minimum Gasteiger partial charge on any atom is -0.351 e. The number of likely N-dealkylation sites (tertiary alicyclic amines) is 3. The topological polar surface area (TPSA) is 55.9 Å². The first-order chi connectivity index (χ1) is 20.1. The predicted molar refractivity (Wildman–Crippen MR) is 156 cm³/mol. The average molecular weight is 654 g/mol. The van der Waals surface area contributed by atoms with Gasteiger partial charge in [0, 0.05) is 61.5 Å². The predicted octanol–water partition coefficient (Wildman–Crippen LogP) is 5.27. The number of amides is 2. The normalized spacial score (nSPS) is 19.7. The SMILES string of the molecule is O=C(NCC(CCN1CC(N2CCC(C(=O)N3CCC3)CC2)C1)c1ccc(F)cc1)c1cc(CBr)cc(C(F)(F)F)c1. The molecule has 3 fully saturated rings. The molecule has 228 valence electrons. The Morgan fingerprint density at radius 3 is 2.29 bits per heavy atom. The van der Waals surface area contributed by atoms with Gasteiger partial charge in [0.15, 0.2) is 0 Å². The van der Waals surface area contributed by atoms with Gasteiger partial charge in [-0.2, -0.15) is 13.2 Å². The van der Waals surface area contributed by atoms with Gasteiger partial charge in [0.25, 0.3) is 5.91 Å². The van der Waals surface area contributed by atoms with Crippen LogP contribution in [0.4, 0.5) is 17.6 Å². The number of carbonyl (C=O) groups is 2. The van der Waals surface area contributed by atoms with Gasteiger partial charge in [-0.3, -0.25) is 14.5 Å². The summed E-state index contributed by atoms with van der Waals surface area (Å²) in [6, 6.07) is 9.99. The average Bonchev–Trinajstić information content (AvgIpc) is 2.92. The van der Waals surface area contributed by atoms with Gasteiger partial charge >= 0.3 is 6.18 Å². The number of halogens is 5. The van der Waals surface area contributed by atoms with E-state index in [2.05, 4.69) is 31.0 Å². The van der Waals surface area contributed by atoms with Crippen molar-refractivity contribution in [2.75, 3.05) is 52.4 Å². The first-order valence-corrected chi connectivity index (χ1v) is 15.8. The minimum absolute atomic E-state index is 0.0435. The third-order valence-electron chi connectivity index (χ3n) is 8.88. The van der Waals surface area contributed by atoms with Gasteiger partial charge in [-0.25, -0.2) is 4.39 Å². The van der Waals surface area contributed by atoms with E-state index in [1.807, 2.05) is 4.90 Å². The third kappa shape index (κ3) is 7.52. The van der Waals surface area contributed by atoms with E-state index in [1.165, 1.54) is 18.2 Å². The van der Waals surface area contributed by atoms with Gasteiger partial charge in [0.2, 0.25) is 5.91 Å². The summed E-state index contributed by atoms with van der Waals surface area (Å²) in [6.45, 7) is 6.58. The van der Waals surface area contributed by atoms with Crippen molar-refractivity contribution in [3.05, 3.63) is 70.5 Å². The van der Waals surface area contributed by atoms with Crippen LogP contribution in [0.15, 0.2) is 42.5 Å². The van der Waals surface area contributed by atoms with Gasteiger partial charge < -0.3 is 15.1 Å². The molecular weight excluding hydrogens is 616 g/mol. The zero-order chi connectivity index (χ0) is 29.9. The van der Waals surface area contributed by atoms with Crippen LogP contribution in [0.3, 0.4) is 0 Å². The summed E-state index contributed by atoms with van der Waals surface area (Å²) < 4.78 is 53.7. The van der Waals surface area contributed by atoms with E-state index < -0.39 is 17.6 Å². The highest BCUT2D eigenvalue weighted by Gasteiger charge is 2.37. The van der Waals surface area contributed by atoms with Crippen molar-refractivity contribution in [1.82, 2.24) is 20.0 Å². The molecule has 1 unspecified atom stereocenters. The van der Waals surface area contributed by atoms with Crippen molar-refractivity contribution in [1.29, 1.82) is 0 Å². The summed E-state index contributed by atoms with van der Waals surface area (Å²) in [5, 5.41) is 3.01. The lowest BCUT2D eigenvalue weighted by Gasteiger charge is -2.48. The monoisotopic (exact) mass is 652 g/mol. The second kappa shape index (κ2) is 13.4. The molecule has 2 aromatic carbocycles. The molecular formula is C31H37BrF4N4O2. The van der Waals surface area contributed by atoms with Crippen molar-refractivity contribution in [2.45, 2.75) is 49.1 Å². The Kier molecular flexibility index (Phi) is 9.89. The number of hydrogen-bond acceptors (Lipinski definition) is 4. The number of carbonyl (C=O) groups excluding carboxylic acids is 2. The molecule has 0 bridgehead atoms. The van der Waals surface area contributed by atoms with E-state index in [4.69, 9.17) is 0 Å². The van der Waals surface area contributed by atoms with E-state index in [0.717, 1.165) is 82.8 Å². The molecule has 0 saturated carbocycles. The van der Waals surface area contributed by atoms with Crippen molar-refractivity contribution >= 4 is 27.7 Å². The highest BCUT2D eigenvalue weighted by molar-refractivity contribution is 9.08. The molecule has 3 saturated heterocycles. The van der Waals surface area contributed by atoms with E-state index in [1.54, 1.807) is 12.1 Å². The molecule has 2 amide bonds.